The van der Waals surface area contributed by atoms with Gasteiger partial charge >= 0.3 is 0 Å². The molecule has 0 saturated heterocycles. The number of aromatic nitrogens is 2. The fraction of sp³-hybridized carbons (Fsp3) is 0.550. The van der Waals surface area contributed by atoms with Crippen LogP contribution < -0.4 is 0 Å². The molecule has 0 unspecified atom stereocenters. The van der Waals surface area contributed by atoms with Crippen molar-refractivity contribution >= 4 is 0 Å². The van der Waals surface area contributed by atoms with Crippen LogP contribution in [0.4, 0.5) is 0 Å². The van der Waals surface area contributed by atoms with Crippen molar-refractivity contribution in [2.45, 2.75) is 71.1 Å². The van der Waals surface area contributed by atoms with Gasteiger partial charge in [-0.2, -0.15) is 0 Å². The molecule has 0 bridgehead atoms. The Morgan fingerprint density at radius 3 is 2.50 bits per heavy atom. The highest BCUT2D eigenvalue weighted by Crippen LogP contribution is 2.29. The highest BCUT2D eigenvalue weighted by molar-refractivity contribution is 5.61. The molecule has 2 heteroatoms. The second-order valence-corrected chi connectivity index (χ2v) is 6.65. The Kier molecular flexibility index (Phi) is 4.97. The maximum Gasteiger partial charge on any atom is 0.109 e. The molecule has 1 aliphatic rings. The summed E-state index contributed by atoms with van der Waals surface area (Å²) in [6, 6.07) is 6.95. The molecular formula is C20H28N2. The lowest BCUT2D eigenvalue weighted by Crippen LogP contribution is -2.02. The Bertz CT molecular complexity index is 606. The largest absolute Gasteiger partial charge is 0.342 e. The van der Waals surface area contributed by atoms with Crippen LogP contribution in [0.25, 0.3) is 11.3 Å². The van der Waals surface area contributed by atoms with Crippen LogP contribution in [0.5, 0.6) is 0 Å². The van der Waals surface area contributed by atoms with Gasteiger partial charge in [0.25, 0.3) is 0 Å². The molecule has 3 rings (SSSR count). The number of hydrogen-bond donors (Lipinski definition) is 1. The van der Waals surface area contributed by atoms with Gasteiger partial charge in [-0.25, -0.2) is 4.98 Å². The van der Waals surface area contributed by atoms with Crippen LogP contribution in [0.15, 0.2) is 24.4 Å². The molecular weight excluding hydrogens is 268 g/mol. The second-order valence-electron chi connectivity index (χ2n) is 6.65. The van der Waals surface area contributed by atoms with Gasteiger partial charge in [0.15, 0.2) is 0 Å². The lowest BCUT2D eigenvalue weighted by atomic mass is 9.90. The summed E-state index contributed by atoms with van der Waals surface area (Å²) >= 11 is 0. The van der Waals surface area contributed by atoms with Crippen molar-refractivity contribution in [2.75, 3.05) is 0 Å². The van der Waals surface area contributed by atoms with Crippen molar-refractivity contribution in [1.82, 2.24) is 9.97 Å². The van der Waals surface area contributed by atoms with Gasteiger partial charge in [0.1, 0.15) is 5.82 Å². The second kappa shape index (κ2) is 7.13. The van der Waals surface area contributed by atoms with Crippen LogP contribution in [-0.2, 0) is 12.8 Å². The Balaban J connectivity index is 1.83. The Morgan fingerprint density at radius 2 is 1.77 bits per heavy atom. The highest BCUT2D eigenvalue weighted by Gasteiger charge is 2.15. The van der Waals surface area contributed by atoms with Crippen LogP contribution >= 0.6 is 0 Å². The average Bonchev–Trinajstić information content (AvgIpc) is 3.04. The minimum absolute atomic E-state index is 0.585. The van der Waals surface area contributed by atoms with Gasteiger partial charge in [0.2, 0.25) is 0 Å². The van der Waals surface area contributed by atoms with Crippen molar-refractivity contribution in [3.8, 4) is 11.3 Å². The van der Waals surface area contributed by atoms with E-state index in [2.05, 4.69) is 42.0 Å². The number of rotatable bonds is 6. The summed E-state index contributed by atoms with van der Waals surface area (Å²) in [5, 5.41) is 0. The molecule has 1 heterocycles. The van der Waals surface area contributed by atoms with E-state index < -0.39 is 0 Å². The van der Waals surface area contributed by atoms with E-state index in [-0.39, 0.29) is 0 Å². The molecule has 0 radical (unpaired) electrons. The lowest BCUT2D eigenvalue weighted by molar-refractivity contribution is 0.538. The van der Waals surface area contributed by atoms with Gasteiger partial charge in [0, 0.05) is 5.92 Å². The summed E-state index contributed by atoms with van der Waals surface area (Å²) in [7, 11) is 0. The Morgan fingerprint density at radius 1 is 1.05 bits per heavy atom. The van der Waals surface area contributed by atoms with Gasteiger partial charge < -0.3 is 4.98 Å². The van der Waals surface area contributed by atoms with E-state index in [0.29, 0.717) is 5.92 Å². The van der Waals surface area contributed by atoms with Crippen LogP contribution in [0.1, 0.15) is 75.2 Å². The van der Waals surface area contributed by atoms with Crippen LogP contribution in [0.3, 0.4) is 0 Å². The van der Waals surface area contributed by atoms with E-state index in [1.165, 1.54) is 68.4 Å². The number of imidazole rings is 1. The SMILES string of the molecule is CCCC(CCC)c1ncc(-c2ccc3c(c2)CCCC3)[nH]1. The monoisotopic (exact) mass is 296 g/mol. The summed E-state index contributed by atoms with van der Waals surface area (Å²) in [4.78, 5) is 8.28. The van der Waals surface area contributed by atoms with Crippen LogP contribution in [-0.4, -0.2) is 9.97 Å². The number of hydrogen-bond acceptors (Lipinski definition) is 1. The first-order chi connectivity index (χ1) is 10.8. The lowest BCUT2D eigenvalue weighted by Gasteiger charge is -2.16. The zero-order chi connectivity index (χ0) is 15.4. The summed E-state index contributed by atoms with van der Waals surface area (Å²) in [6.45, 7) is 4.52. The quantitative estimate of drug-likeness (QED) is 0.734. The van der Waals surface area contributed by atoms with Gasteiger partial charge in [-0.1, -0.05) is 38.8 Å². The van der Waals surface area contributed by atoms with Crippen LogP contribution in [0, 0.1) is 0 Å². The van der Waals surface area contributed by atoms with Gasteiger partial charge in [-0.15, -0.1) is 0 Å². The summed E-state index contributed by atoms with van der Waals surface area (Å²) < 4.78 is 0. The molecule has 1 aliphatic carbocycles. The number of aryl methyl sites for hydroxylation is 2. The van der Waals surface area contributed by atoms with Crippen molar-refractivity contribution in [3.63, 3.8) is 0 Å². The zero-order valence-electron chi connectivity index (χ0n) is 14.0. The predicted octanol–water partition coefficient (Wildman–Crippen LogP) is 5.64. The molecule has 0 saturated carbocycles. The van der Waals surface area contributed by atoms with Gasteiger partial charge in [0.05, 0.1) is 11.9 Å². The van der Waals surface area contributed by atoms with Crippen molar-refractivity contribution in [2.24, 2.45) is 0 Å². The smallest absolute Gasteiger partial charge is 0.109 e. The minimum atomic E-state index is 0.585. The third kappa shape index (κ3) is 3.26. The molecule has 0 spiro atoms. The van der Waals surface area contributed by atoms with E-state index in [1.54, 1.807) is 11.1 Å². The minimum Gasteiger partial charge on any atom is -0.342 e. The molecule has 1 N–H and O–H groups in total. The predicted molar refractivity (Wildman–Crippen MR) is 93.2 cm³/mol. The summed E-state index contributed by atoms with van der Waals surface area (Å²) in [6.07, 6.45) is 12.1. The molecule has 0 atom stereocenters. The zero-order valence-corrected chi connectivity index (χ0v) is 14.0. The number of H-pyrrole nitrogens is 1. The number of nitrogens with zero attached hydrogens (tertiary/aromatic N) is 1. The van der Waals surface area contributed by atoms with E-state index in [9.17, 15) is 0 Å². The van der Waals surface area contributed by atoms with Crippen LogP contribution in [0.2, 0.25) is 0 Å². The molecule has 22 heavy (non-hydrogen) atoms. The van der Waals surface area contributed by atoms with Gasteiger partial charge in [-0.05, 0) is 61.3 Å². The number of nitrogens with one attached hydrogen (secondary N) is 1. The van der Waals surface area contributed by atoms with Crippen molar-refractivity contribution in [3.05, 3.63) is 41.3 Å². The van der Waals surface area contributed by atoms with E-state index in [4.69, 9.17) is 0 Å². The average molecular weight is 296 g/mol. The molecule has 0 amide bonds. The normalized spacial score (nSPS) is 14.3. The Hall–Kier alpha value is -1.57. The van der Waals surface area contributed by atoms with Gasteiger partial charge in [-0.3, -0.25) is 0 Å². The summed E-state index contributed by atoms with van der Waals surface area (Å²) in [5.41, 5.74) is 5.56. The third-order valence-electron chi connectivity index (χ3n) is 4.92. The first-order valence-electron chi connectivity index (χ1n) is 8.99. The fourth-order valence-electron chi connectivity index (χ4n) is 3.71. The molecule has 2 nitrogen and oxygen atoms in total. The first-order valence-corrected chi connectivity index (χ1v) is 8.99. The molecule has 1 aromatic heterocycles. The molecule has 0 fully saturated rings. The topological polar surface area (TPSA) is 28.7 Å². The molecule has 0 aliphatic heterocycles. The van der Waals surface area contributed by atoms with E-state index in [0.717, 1.165) is 0 Å². The number of fused-ring (bicyclic) bond motifs is 1. The maximum atomic E-state index is 4.69. The third-order valence-corrected chi connectivity index (χ3v) is 4.92. The summed E-state index contributed by atoms with van der Waals surface area (Å²) in [5.74, 6) is 1.76. The fourth-order valence-corrected chi connectivity index (χ4v) is 3.71. The maximum absolute atomic E-state index is 4.69. The number of aromatic amines is 1. The van der Waals surface area contributed by atoms with Crippen molar-refractivity contribution in [1.29, 1.82) is 0 Å². The van der Waals surface area contributed by atoms with E-state index >= 15 is 0 Å². The molecule has 118 valence electrons. The molecule has 1 aromatic carbocycles. The van der Waals surface area contributed by atoms with E-state index in [1.807, 2.05) is 6.20 Å². The standard InChI is InChI=1S/C20H28N2/c1-3-7-16(8-4-2)20-21-14-19(22-20)18-12-11-15-9-5-6-10-17(15)13-18/h11-14,16H,3-10H2,1-2H3,(H,21,22). The van der Waals surface area contributed by atoms with Crippen molar-refractivity contribution < 1.29 is 0 Å². The molecule has 2 aromatic rings. The first kappa shape index (κ1) is 15.3. The number of benzene rings is 1. The Labute approximate surface area is 134 Å². The highest BCUT2D eigenvalue weighted by atomic mass is 14.9.